The van der Waals surface area contributed by atoms with Gasteiger partial charge < -0.3 is 15.4 Å². The molecular weight excluding hydrogens is 264 g/mol. The van der Waals surface area contributed by atoms with Crippen molar-refractivity contribution in [2.24, 2.45) is 0 Å². The molecule has 0 aromatic heterocycles. The molecule has 0 spiro atoms. The SMILES string of the molecule is Cc1ccccc1[C@@H](C)NC(C)CNC(=O)OC(C)(C)C. The molecular formula is C17H28N2O2. The Balaban J connectivity index is 2.42. The van der Waals surface area contributed by atoms with E-state index in [4.69, 9.17) is 4.74 Å². The number of rotatable bonds is 5. The zero-order valence-electron chi connectivity index (χ0n) is 14.0. The molecule has 21 heavy (non-hydrogen) atoms. The molecule has 4 heteroatoms. The first-order chi connectivity index (χ1) is 9.69. The minimum Gasteiger partial charge on any atom is -0.444 e. The van der Waals surface area contributed by atoms with E-state index in [0.717, 1.165) is 0 Å². The van der Waals surface area contributed by atoms with Gasteiger partial charge in [0.2, 0.25) is 0 Å². The van der Waals surface area contributed by atoms with Crippen LogP contribution in [0.4, 0.5) is 4.79 Å². The van der Waals surface area contributed by atoms with E-state index in [0.29, 0.717) is 6.54 Å². The molecule has 0 radical (unpaired) electrons. The fraction of sp³-hybridized carbons (Fsp3) is 0.588. The summed E-state index contributed by atoms with van der Waals surface area (Å²) >= 11 is 0. The van der Waals surface area contributed by atoms with Crippen molar-refractivity contribution in [3.05, 3.63) is 35.4 Å². The summed E-state index contributed by atoms with van der Waals surface area (Å²) in [5.41, 5.74) is 2.08. The summed E-state index contributed by atoms with van der Waals surface area (Å²) in [6.45, 7) is 12.4. The van der Waals surface area contributed by atoms with Gasteiger partial charge in [0.15, 0.2) is 0 Å². The molecule has 2 atom stereocenters. The Morgan fingerprint density at radius 2 is 1.86 bits per heavy atom. The molecule has 1 aromatic rings. The van der Waals surface area contributed by atoms with Gasteiger partial charge in [0.05, 0.1) is 0 Å². The number of alkyl carbamates (subject to hydrolysis) is 1. The minimum absolute atomic E-state index is 0.159. The lowest BCUT2D eigenvalue weighted by Gasteiger charge is -2.23. The van der Waals surface area contributed by atoms with Gasteiger partial charge in [-0.2, -0.15) is 0 Å². The molecule has 0 saturated carbocycles. The highest BCUT2D eigenvalue weighted by atomic mass is 16.6. The highest BCUT2D eigenvalue weighted by Gasteiger charge is 2.17. The second kappa shape index (κ2) is 7.46. The first-order valence-corrected chi connectivity index (χ1v) is 7.47. The molecule has 0 aliphatic rings. The van der Waals surface area contributed by atoms with Crippen molar-refractivity contribution in [1.29, 1.82) is 0 Å². The summed E-state index contributed by atoms with van der Waals surface area (Å²) in [5.74, 6) is 0. The van der Waals surface area contributed by atoms with Crippen LogP contribution in [0.5, 0.6) is 0 Å². The van der Waals surface area contributed by atoms with Crippen LogP contribution in [0, 0.1) is 6.92 Å². The van der Waals surface area contributed by atoms with Gasteiger partial charge in [-0.05, 0) is 52.7 Å². The molecule has 1 unspecified atom stereocenters. The van der Waals surface area contributed by atoms with Crippen molar-refractivity contribution in [1.82, 2.24) is 10.6 Å². The molecule has 1 amide bonds. The molecule has 0 heterocycles. The van der Waals surface area contributed by atoms with E-state index in [2.05, 4.69) is 36.6 Å². The standard InChI is InChI=1S/C17H28N2O2/c1-12-9-7-8-10-15(12)14(3)19-13(2)11-18-16(20)21-17(4,5)6/h7-10,13-14,19H,11H2,1-6H3,(H,18,20)/t13?,14-/m1/s1. The average Bonchev–Trinajstić information content (AvgIpc) is 2.34. The number of benzene rings is 1. The van der Waals surface area contributed by atoms with Crippen molar-refractivity contribution >= 4 is 6.09 Å². The zero-order chi connectivity index (χ0) is 16.0. The van der Waals surface area contributed by atoms with Crippen LogP contribution in [0.25, 0.3) is 0 Å². The highest BCUT2D eigenvalue weighted by Crippen LogP contribution is 2.17. The Morgan fingerprint density at radius 1 is 1.24 bits per heavy atom. The van der Waals surface area contributed by atoms with E-state index >= 15 is 0 Å². The quantitative estimate of drug-likeness (QED) is 0.872. The van der Waals surface area contributed by atoms with Crippen molar-refractivity contribution in [3.8, 4) is 0 Å². The number of carbonyl (C=O) groups is 1. The van der Waals surface area contributed by atoms with Gasteiger partial charge in [0, 0.05) is 18.6 Å². The molecule has 0 bridgehead atoms. The molecule has 1 rings (SSSR count). The lowest BCUT2D eigenvalue weighted by Crippen LogP contribution is -2.42. The lowest BCUT2D eigenvalue weighted by atomic mass is 10.0. The van der Waals surface area contributed by atoms with E-state index in [1.807, 2.05) is 39.8 Å². The van der Waals surface area contributed by atoms with Crippen LogP contribution in [0.1, 0.15) is 51.8 Å². The molecule has 0 aliphatic carbocycles. The Labute approximate surface area is 128 Å². The summed E-state index contributed by atoms with van der Waals surface area (Å²) in [6, 6.07) is 8.72. The maximum absolute atomic E-state index is 11.6. The van der Waals surface area contributed by atoms with Crippen molar-refractivity contribution in [3.63, 3.8) is 0 Å². The van der Waals surface area contributed by atoms with E-state index < -0.39 is 5.60 Å². The number of aryl methyl sites for hydroxylation is 1. The Bertz CT molecular complexity index is 466. The topological polar surface area (TPSA) is 50.4 Å². The van der Waals surface area contributed by atoms with E-state index in [1.165, 1.54) is 11.1 Å². The molecule has 0 fully saturated rings. The fourth-order valence-electron chi connectivity index (χ4n) is 2.20. The van der Waals surface area contributed by atoms with Crippen LogP contribution >= 0.6 is 0 Å². The van der Waals surface area contributed by atoms with Crippen molar-refractivity contribution in [2.75, 3.05) is 6.54 Å². The highest BCUT2D eigenvalue weighted by molar-refractivity contribution is 5.67. The smallest absolute Gasteiger partial charge is 0.407 e. The van der Waals surface area contributed by atoms with Gasteiger partial charge in [-0.15, -0.1) is 0 Å². The van der Waals surface area contributed by atoms with Crippen LogP contribution in [-0.2, 0) is 4.74 Å². The number of nitrogens with one attached hydrogen (secondary N) is 2. The minimum atomic E-state index is -0.463. The van der Waals surface area contributed by atoms with E-state index in [1.54, 1.807) is 0 Å². The van der Waals surface area contributed by atoms with Gasteiger partial charge in [-0.3, -0.25) is 0 Å². The zero-order valence-corrected chi connectivity index (χ0v) is 14.0. The first-order valence-electron chi connectivity index (χ1n) is 7.47. The monoisotopic (exact) mass is 292 g/mol. The predicted octanol–water partition coefficient (Wildman–Crippen LogP) is 3.56. The Hall–Kier alpha value is -1.55. The largest absolute Gasteiger partial charge is 0.444 e. The van der Waals surface area contributed by atoms with Crippen molar-refractivity contribution in [2.45, 2.75) is 59.2 Å². The molecule has 0 saturated heterocycles. The number of hydrogen-bond donors (Lipinski definition) is 2. The number of amides is 1. The van der Waals surface area contributed by atoms with Crippen LogP contribution in [-0.4, -0.2) is 24.3 Å². The van der Waals surface area contributed by atoms with Gasteiger partial charge >= 0.3 is 6.09 Å². The van der Waals surface area contributed by atoms with Crippen LogP contribution in [0.3, 0.4) is 0 Å². The van der Waals surface area contributed by atoms with Gasteiger partial charge in [-0.25, -0.2) is 4.79 Å². The summed E-state index contributed by atoms with van der Waals surface area (Å²) in [4.78, 5) is 11.6. The summed E-state index contributed by atoms with van der Waals surface area (Å²) < 4.78 is 5.22. The normalized spacial score (nSPS) is 14.4. The molecule has 118 valence electrons. The summed E-state index contributed by atoms with van der Waals surface area (Å²) in [6.07, 6.45) is -0.375. The first kappa shape index (κ1) is 17.5. The summed E-state index contributed by atoms with van der Waals surface area (Å²) in [5, 5.41) is 6.27. The fourth-order valence-corrected chi connectivity index (χ4v) is 2.20. The van der Waals surface area contributed by atoms with E-state index in [9.17, 15) is 4.79 Å². The van der Waals surface area contributed by atoms with Gasteiger partial charge in [0.25, 0.3) is 0 Å². The number of hydrogen-bond acceptors (Lipinski definition) is 3. The lowest BCUT2D eigenvalue weighted by molar-refractivity contribution is 0.0522. The van der Waals surface area contributed by atoms with Gasteiger partial charge in [-0.1, -0.05) is 24.3 Å². The number of ether oxygens (including phenoxy) is 1. The second-order valence-electron chi connectivity index (χ2n) is 6.53. The molecule has 2 N–H and O–H groups in total. The van der Waals surface area contributed by atoms with Crippen LogP contribution < -0.4 is 10.6 Å². The van der Waals surface area contributed by atoms with Crippen LogP contribution in [0.2, 0.25) is 0 Å². The second-order valence-corrected chi connectivity index (χ2v) is 6.53. The van der Waals surface area contributed by atoms with Gasteiger partial charge in [0.1, 0.15) is 5.60 Å². The Kier molecular flexibility index (Phi) is 6.21. The average molecular weight is 292 g/mol. The molecule has 0 aliphatic heterocycles. The van der Waals surface area contributed by atoms with Crippen molar-refractivity contribution < 1.29 is 9.53 Å². The predicted molar refractivity (Wildman–Crippen MR) is 86.4 cm³/mol. The third-order valence-corrected chi connectivity index (χ3v) is 3.14. The third kappa shape index (κ3) is 6.63. The maximum atomic E-state index is 11.6. The third-order valence-electron chi connectivity index (χ3n) is 3.14. The van der Waals surface area contributed by atoms with E-state index in [-0.39, 0.29) is 18.2 Å². The molecule has 1 aromatic carbocycles. The number of carbonyl (C=O) groups excluding carboxylic acids is 1. The summed E-state index contributed by atoms with van der Waals surface area (Å²) in [7, 11) is 0. The maximum Gasteiger partial charge on any atom is 0.407 e. The Morgan fingerprint density at radius 3 is 2.43 bits per heavy atom. The van der Waals surface area contributed by atoms with Crippen LogP contribution in [0.15, 0.2) is 24.3 Å². The molecule has 4 nitrogen and oxygen atoms in total.